The molecule has 5 heteroatoms. The van der Waals surface area contributed by atoms with Crippen LogP contribution in [0, 0.1) is 0 Å². The van der Waals surface area contributed by atoms with Gasteiger partial charge in [0.1, 0.15) is 0 Å². The van der Waals surface area contributed by atoms with Gasteiger partial charge >= 0.3 is 0 Å². The lowest BCUT2D eigenvalue weighted by atomic mass is 10.2. The van der Waals surface area contributed by atoms with E-state index in [-0.39, 0.29) is 24.7 Å². The van der Waals surface area contributed by atoms with Gasteiger partial charge in [-0.25, -0.2) is 0 Å². The van der Waals surface area contributed by atoms with Crippen molar-refractivity contribution in [2.75, 3.05) is 26.8 Å². The fraction of sp³-hybridized carbons (Fsp3) is 0.500. The van der Waals surface area contributed by atoms with Gasteiger partial charge in [-0.1, -0.05) is 18.2 Å². The summed E-state index contributed by atoms with van der Waals surface area (Å²) in [6.07, 6.45) is 4.04. The van der Waals surface area contributed by atoms with Gasteiger partial charge in [0, 0.05) is 13.1 Å². The summed E-state index contributed by atoms with van der Waals surface area (Å²) in [7, 11) is 1.59. The smallest absolute Gasteiger partial charge is 0.260 e. The van der Waals surface area contributed by atoms with Crippen LogP contribution in [-0.4, -0.2) is 49.8 Å². The normalized spacial score (nSPS) is 21.5. The molecule has 23 heavy (non-hydrogen) atoms. The maximum Gasteiger partial charge on any atom is 0.260 e. The van der Waals surface area contributed by atoms with E-state index >= 15 is 0 Å². The maximum atomic E-state index is 12.3. The molecule has 126 valence electrons. The molecule has 1 amide bonds. The van der Waals surface area contributed by atoms with Gasteiger partial charge in [-0.05, 0) is 38.5 Å². The minimum atomic E-state index is -0.0356. The molecule has 0 N–H and O–H groups in total. The number of carbonyl (C=O) groups excluding carboxylic acids is 1. The van der Waals surface area contributed by atoms with Crippen molar-refractivity contribution in [1.29, 1.82) is 0 Å². The Morgan fingerprint density at radius 1 is 1.30 bits per heavy atom. The van der Waals surface area contributed by atoms with Crippen molar-refractivity contribution < 1.29 is 19.0 Å². The first kappa shape index (κ1) is 17.3. The summed E-state index contributed by atoms with van der Waals surface area (Å²) in [6.45, 7) is 7.10. The number of hydrogen-bond donors (Lipinski definition) is 0. The number of amides is 1. The van der Waals surface area contributed by atoms with Gasteiger partial charge in [0.15, 0.2) is 18.1 Å². The number of methoxy groups -OCH3 is 1. The van der Waals surface area contributed by atoms with Gasteiger partial charge in [0.05, 0.1) is 19.3 Å². The van der Waals surface area contributed by atoms with Crippen molar-refractivity contribution >= 4 is 12.0 Å². The van der Waals surface area contributed by atoms with Gasteiger partial charge in [-0.15, -0.1) is 0 Å². The number of allylic oxidation sites excluding steroid dienone is 1. The lowest BCUT2D eigenvalue weighted by molar-refractivity contribution is -0.145. The Balaban J connectivity index is 1.98. The molecular formula is C18H25NO4. The summed E-state index contributed by atoms with van der Waals surface area (Å²) >= 11 is 0. The van der Waals surface area contributed by atoms with Gasteiger partial charge in [0.2, 0.25) is 0 Å². The van der Waals surface area contributed by atoms with Crippen LogP contribution in [-0.2, 0) is 9.53 Å². The standard InChI is InChI=1S/C18H25NO4/c1-5-6-15-7-8-16(17(9-15)21-4)22-12-18(20)19-10-13(2)23-14(3)11-19/h5-9,13-14H,10-12H2,1-4H3/b6-5+. The van der Waals surface area contributed by atoms with Crippen LogP contribution >= 0.6 is 0 Å². The molecule has 0 spiro atoms. The van der Waals surface area contributed by atoms with Crippen LogP contribution in [0.1, 0.15) is 26.3 Å². The first-order valence-corrected chi connectivity index (χ1v) is 7.90. The van der Waals surface area contributed by atoms with Crippen LogP contribution in [0.4, 0.5) is 0 Å². The number of rotatable bonds is 5. The third-order valence-electron chi connectivity index (χ3n) is 3.67. The summed E-state index contributed by atoms with van der Waals surface area (Å²) in [5, 5.41) is 0. The average molecular weight is 319 g/mol. The van der Waals surface area contributed by atoms with Crippen molar-refractivity contribution in [2.24, 2.45) is 0 Å². The van der Waals surface area contributed by atoms with E-state index < -0.39 is 0 Å². The molecule has 0 bridgehead atoms. The van der Waals surface area contributed by atoms with E-state index in [0.29, 0.717) is 24.6 Å². The molecule has 1 aliphatic rings. The fourth-order valence-corrected chi connectivity index (χ4v) is 2.71. The van der Waals surface area contributed by atoms with Crippen LogP contribution in [0.2, 0.25) is 0 Å². The monoisotopic (exact) mass is 319 g/mol. The second kappa shape index (κ2) is 8.02. The largest absolute Gasteiger partial charge is 0.493 e. The molecule has 1 heterocycles. The zero-order chi connectivity index (χ0) is 16.8. The molecule has 1 aliphatic heterocycles. The van der Waals surface area contributed by atoms with Crippen LogP contribution in [0.3, 0.4) is 0 Å². The molecule has 0 saturated carbocycles. The predicted octanol–water partition coefficient (Wildman–Crippen LogP) is 2.74. The van der Waals surface area contributed by atoms with Gasteiger partial charge in [0.25, 0.3) is 5.91 Å². The number of nitrogens with zero attached hydrogens (tertiary/aromatic N) is 1. The highest BCUT2D eigenvalue weighted by molar-refractivity contribution is 5.78. The molecular weight excluding hydrogens is 294 g/mol. The molecule has 1 fully saturated rings. The van der Waals surface area contributed by atoms with E-state index in [9.17, 15) is 4.79 Å². The van der Waals surface area contributed by atoms with Crippen molar-refractivity contribution in [2.45, 2.75) is 33.0 Å². The summed E-state index contributed by atoms with van der Waals surface area (Å²) in [4.78, 5) is 14.1. The quantitative estimate of drug-likeness (QED) is 0.837. The summed E-state index contributed by atoms with van der Waals surface area (Å²) in [5.74, 6) is 1.16. The molecule has 1 aromatic rings. The lowest BCUT2D eigenvalue weighted by Crippen LogP contribution is -2.49. The Labute approximate surface area is 137 Å². The average Bonchev–Trinajstić information content (AvgIpc) is 2.52. The minimum Gasteiger partial charge on any atom is -0.493 e. The third kappa shape index (κ3) is 4.73. The second-order valence-corrected chi connectivity index (χ2v) is 5.76. The van der Waals surface area contributed by atoms with E-state index in [1.165, 1.54) is 0 Å². The van der Waals surface area contributed by atoms with Gasteiger partial charge in [-0.3, -0.25) is 4.79 Å². The lowest BCUT2D eigenvalue weighted by Gasteiger charge is -2.35. The first-order chi connectivity index (χ1) is 11.0. The van der Waals surface area contributed by atoms with E-state index in [2.05, 4.69) is 0 Å². The molecule has 2 rings (SSSR count). The molecule has 0 aromatic heterocycles. The Hall–Kier alpha value is -2.01. The topological polar surface area (TPSA) is 48.0 Å². The molecule has 5 nitrogen and oxygen atoms in total. The Morgan fingerprint density at radius 2 is 2.00 bits per heavy atom. The van der Waals surface area contributed by atoms with Crippen LogP contribution < -0.4 is 9.47 Å². The number of benzene rings is 1. The highest BCUT2D eigenvalue weighted by Gasteiger charge is 2.26. The van der Waals surface area contributed by atoms with Crippen molar-refractivity contribution in [3.05, 3.63) is 29.8 Å². The van der Waals surface area contributed by atoms with E-state index in [4.69, 9.17) is 14.2 Å². The predicted molar refractivity (Wildman–Crippen MR) is 89.8 cm³/mol. The Kier molecular flexibility index (Phi) is 6.04. The molecule has 2 atom stereocenters. The third-order valence-corrected chi connectivity index (χ3v) is 3.67. The Bertz CT molecular complexity index is 560. The highest BCUT2D eigenvalue weighted by atomic mass is 16.5. The van der Waals surface area contributed by atoms with Crippen LogP contribution in [0.5, 0.6) is 11.5 Å². The number of carbonyl (C=O) groups is 1. The molecule has 1 aromatic carbocycles. The van der Waals surface area contributed by atoms with Gasteiger partial charge in [-0.2, -0.15) is 0 Å². The van der Waals surface area contributed by atoms with E-state index in [1.807, 2.05) is 51.1 Å². The van der Waals surface area contributed by atoms with Crippen LogP contribution in [0.25, 0.3) is 6.08 Å². The molecule has 0 aliphatic carbocycles. The van der Waals surface area contributed by atoms with Crippen molar-refractivity contribution in [3.8, 4) is 11.5 Å². The van der Waals surface area contributed by atoms with Gasteiger partial charge < -0.3 is 19.1 Å². The number of hydrogen-bond acceptors (Lipinski definition) is 4. The summed E-state index contributed by atoms with van der Waals surface area (Å²) in [5.41, 5.74) is 1.03. The maximum absolute atomic E-state index is 12.3. The Morgan fingerprint density at radius 3 is 2.61 bits per heavy atom. The highest BCUT2D eigenvalue weighted by Crippen LogP contribution is 2.28. The zero-order valence-electron chi connectivity index (χ0n) is 14.2. The fourth-order valence-electron chi connectivity index (χ4n) is 2.71. The molecule has 0 radical (unpaired) electrons. The van der Waals surface area contributed by atoms with Crippen LogP contribution in [0.15, 0.2) is 24.3 Å². The van der Waals surface area contributed by atoms with E-state index in [1.54, 1.807) is 12.0 Å². The second-order valence-electron chi connectivity index (χ2n) is 5.76. The summed E-state index contributed by atoms with van der Waals surface area (Å²) in [6, 6.07) is 5.64. The zero-order valence-corrected chi connectivity index (χ0v) is 14.2. The summed E-state index contributed by atoms with van der Waals surface area (Å²) < 4.78 is 16.6. The van der Waals surface area contributed by atoms with Crippen molar-refractivity contribution in [1.82, 2.24) is 4.90 Å². The minimum absolute atomic E-state index is 0.00123. The number of ether oxygens (including phenoxy) is 3. The number of morpholine rings is 1. The first-order valence-electron chi connectivity index (χ1n) is 7.90. The van der Waals surface area contributed by atoms with E-state index in [0.717, 1.165) is 5.56 Å². The SMILES string of the molecule is C/C=C/c1ccc(OCC(=O)N2CC(C)OC(C)C2)c(OC)c1. The molecule has 2 unspecified atom stereocenters. The van der Waals surface area contributed by atoms with Crippen molar-refractivity contribution in [3.63, 3.8) is 0 Å². The molecule has 1 saturated heterocycles.